The molecule has 0 aromatic heterocycles. The molecule has 2 aromatic rings. The second-order valence-corrected chi connectivity index (χ2v) is 9.82. The molecule has 2 aromatic carbocycles. The van der Waals surface area contributed by atoms with E-state index in [1.54, 1.807) is 43.5 Å². The number of carbonyl (C=O) groups is 2. The van der Waals surface area contributed by atoms with Crippen LogP contribution in [0.15, 0.2) is 48.0 Å². The van der Waals surface area contributed by atoms with Gasteiger partial charge >= 0.3 is 0 Å². The number of hydrogen-bond acceptors (Lipinski definition) is 7. The highest BCUT2D eigenvalue weighted by atomic mass is 16.5. The monoisotopic (exact) mass is 510 g/mol. The third kappa shape index (κ3) is 6.63. The van der Waals surface area contributed by atoms with Gasteiger partial charge in [-0.25, -0.2) is 0 Å². The highest BCUT2D eigenvalue weighted by Gasteiger charge is 2.46. The summed E-state index contributed by atoms with van der Waals surface area (Å²) in [5, 5.41) is 11.3. The van der Waals surface area contributed by atoms with E-state index in [1.807, 2.05) is 25.1 Å². The lowest BCUT2D eigenvalue weighted by molar-refractivity contribution is -0.139. The molecule has 1 atom stereocenters. The van der Waals surface area contributed by atoms with Crippen LogP contribution in [0.3, 0.4) is 0 Å². The Morgan fingerprint density at radius 3 is 2.46 bits per heavy atom. The number of amides is 1. The van der Waals surface area contributed by atoms with E-state index >= 15 is 0 Å². The fourth-order valence-electron chi connectivity index (χ4n) is 4.32. The van der Waals surface area contributed by atoms with Gasteiger partial charge in [-0.05, 0) is 69.2 Å². The topological polar surface area (TPSA) is 88.5 Å². The molecule has 8 nitrogen and oxygen atoms in total. The molecule has 1 saturated heterocycles. The molecule has 0 radical (unpaired) electrons. The number of ether oxygens (including phenoxy) is 3. The van der Waals surface area contributed by atoms with Gasteiger partial charge in [0.05, 0.1) is 32.4 Å². The first-order valence-electron chi connectivity index (χ1n) is 12.6. The standard InChI is InChI=1S/C29H38N2O6/c1-19(2)13-16-37-23-12-11-20(18-24(23)36-6)26-25(27(32)21-9-7-10-22(17-21)35-5)28(33)29(34)31(26)15-8-14-30(3)4/h7,9-12,17-19,26,32H,8,13-16H2,1-6H3/b27-25+. The van der Waals surface area contributed by atoms with E-state index in [4.69, 9.17) is 14.2 Å². The Labute approximate surface area is 219 Å². The van der Waals surface area contributed by atoms with Gasteiger partial charge in [0.2, 0.25) is 0 Å². The van der Waals surface area contributed by atoms with Crippen molar-refractivity contribution in [1.29, 1.82) is 0 Å². The summed E-state index contributed by atoms with van der Waals surface area (Å²) in [5.41, 5.74) is 1.09. The third-order valence-corrected chi connectivity index (χ3v) is 6.34. The number of rotatable bonds is 12. The smallest absolute Gasteiger partial charge is 0.295 e. The van der Waals surface area contributed by atoms with Crippen LogP contribution in [0.25, 0.3) is 5.76 Å². The lowest BCUT2D eigenvalue weighted by Gasteiger charge is -2.26. The first-order chi connectivity index (χ1) is 17.7. The summed E-state index contributed by atoms with van der Waals surface area (Å²) >= 11 is 0. The van der Waals surface area contributed by atoms with Crippen molar-refractivity contribution in [3.8, 4) is 17.2 Å². The van der Waals surface area contributed by atoms with Gasteiger partial charge in [-0.15, -0.1) is 0 Å². The number of Topliss-reactive ketones (excluding diaryl/α,β-unsaturated/α-hetero) is 1. The zero-order valence-corrected chi connectivity index (χ0v) is 22.6. The van der Waals surface area contributed by atoms with Crippen LogP contribution in [0, 0.1) is 5.92 Å². The van der Waals surface area contributed by atoms with Gasteiger partial charge in [0.25, 0.3) is 11.7 Å². The number of ketones is 1. The number of likely N-dealkylation sites (tertiary alicyclic amines) is 1. The molecular weight excluding hydrogens is 472 g/mol. The fraction of sp³-hybridized carbons (Fsp3) is 0.448. The van der Waals surface area contributed by atoms with Crippen molar-refractivity contribution in [1.82, 2.24) is 9.80 Å². The van der Waals surface area contributed by atoms with E-state index in [-0.39, 0.29) is 11.3 Å². The molecular formula is C29H38N2O6. The average molecular weight is 511 g/mol. The molecule has 37 heavy (non-hydrogen) atoms. The molecule has 1 amide bonds. The van der Waals surface area contributed by atoms with Gasteiger partial charge in [0.15, 0.2) is 11.5 Å². The predicted octanol–water partition coefficient (Wildman–Crippen LogP) is 4.50. The predicted molar refractivity (Wildman–Crippen MR) is 143 cm³/mol. The molecule has 0 spiro atoms. The van der Waals surface area contributed by atoms with Crippen LogP contribution in [0.1, 0.15) is 43.9 Å². The third-order valence-electron chi connectivity index (χ3n) is 6.34. The minimum absolute atomic E-state index is 0.0404. The van der Waals surface area contributed by atoms with Crippen LogP contribution in [0.5, 0.6) is 17.2 Å². The summed E-state index contributed by atoms with van der Waals surface area (Å²) in [6, 6.07) is 11.4. The normalized spacial score (nSPS) is 17.1. The van der Waals surface area contributed by atoms with Crippen molar-refractivity contribution in [2.45, 2.75) is 32.7 Å². The van der Waals surface area contributed by atoms with Gasteiger partial charge in [0.1, 0.15) is 11.5 Å². The average Bonchev–Trinajstić information content (AvgIpc) is 3.13. The van der Waals surface area contributed by atoms with Crippen molar-refractivity contribution in [3.63, 3.8) is 0 Å². The molecule has 0 bridgehead atoms. The molecule has 1 N–H and O–H groups in total. The number of aliphatic hydroxyl groups is 1. The van der Waals surface area contributed by atoms with Crippen molar-refractivity contribution >= 4 is 17.4 Å². The summed E-state index contributed by atoms with van der Waals surface area (Å²) in [6.07, 6.45) is 1.57. The van der Waals surface area contributed by atoms with Gasteiger partial charge < -0.3 is 29.1 Å². The van der Waals surface area contributed by atoms with Crippen molar-refractivity contribution < 1.29 is 28.9 Å². The van der Waals surface area contributed by atoms with Crippen molar-refractivity contribution in [2.24, 2.45) is 5.92 Å². The quantitative estimate of drug-likeness (QED) is 0.255. The van der Waals surface area contributed by atoms with Gasteiger partial charge in [-0.1, -0.05) is 32.0 Å². The maximum atomic E-state index is 13.3. The summed E-state index contributed by atoms with van der Waals surface area (Å²) in [5.74, 6) is 0.532. The Balaban J connectivity index is 2.08. The van der Waals surface area contributed by atoms with Crippen LogP contribution in [-0.2, 0) is 9.59 Å². The van der Waals surface area contributed by atoms with Crippen LogP contribution >= 0.6 is 0 Å². The van der Waals surface area contributed by atoms with E-state index in [0.717, 1.165) is 13.0 Å². The second kappa shape index (κ2) is 12.6. The first kappa shape index (κ1) is 28.1. The Hall–Kier alpha value is -3.52. The van der Waals surface area contributed by atoms with Crippen molar-refractivity contribution in [3.05, 3.63) is 59.2 Å². The van der Waals surface area contributed by atoms with Gasteiger partial charge in [-0.3, -0.25) is 9.59 Å². The molecule has 0 aliphatic carbocycles. The van der Waals surface area contributed by atoms with E-state index in [2.05, 4.69) is 13.8 Å². The molecule has 3 rings (SSSR count). The van der Waals surface area contributed by atoms with Crippen LogP contribution in [-0.4, -0.2) is 74.6 Å². The summed E-state index contributed by atoms with van der Waals surface area (Å²) < 4.78 is 16.8. The highest BCUT2D eigenvalue weighted by Crippen LogP contribution is 2.42. The number of aliphatic hydroxyl groups excluding tert-OH is 1. The fourth-order valence-corrected chi connectivity index (χ4v) is 4.32. The molecule has 1 unspecified atom stereocenters. The summed E-state index contributed by atoms with van der Waals surface area (Å²) in [6.45, 7) is 5.91. The lowest BCUT2D eigenvalue weighted by Crippen LogP contribution is -2.32. The Morgan fingerprint density at radius 1 is 1.05 bits per heavy atom. The lowest BCUT2D eigenvalue weighted by atomic mass is 9.95. The molecule has 1 aliphatic rings. The molecule has 8 heteroatoms. The maximum absolute atomic E-state index is 13.3. The second-order valence-electron chi connectivity index (χ2n) is 9.82. The molecule has 200 valence electrons. The number of hydrogen-bond donors (Lipinski definition) is 1. The Morgan fingerprint density at radius 2 is 1.81 bits per heavy atom. The Kier molecular flexibility index (Phi) is 9.58. The van der Waals surface area contributed by atoms with Crippen LogP contribution < -0.4 is 14.2 Å². The maximum Gasteiger partial charge on any atom is 0.295 e. The SMILES string of the molecule is COc1cccc(/C(O)=C2\C(=O)C(=O)N(CCCN(C)C)C2c2ccc(OCCC(C)C)c(OC)c2)c1. The van der Waals surface area contributed by atoms with E-state index in [9.17, 15) is 14.7 Å². The Bertz CT molecular complexity index is 1140. The van der Waals surface area contributed by atoms with Crippen LogP contribution in [0.2, 0.25) is 0 Å². The summed E-state index contributed by atoms with van der Waals surface area (Å²) in [4.78, 5) is 30.0. The minimum Gasteiger partial charge on any atom is -0.507 e. The van der Waals surface area contributed by atoms with E-state index in [1.165, 1.54) is 12.0 Å². The molecule has 1 heterocycles. The number of carbonyl (C=O) groups excluding carboxylic acids is 2. The number of benzene rings is 2. The van der Waals surface area contributed by atoms with Gasteiger partial charge in [-0.2, -0.15) is 0 Å². The zero-order valence-electron chi connectivity index (χ0n) is 22.6. The highest BCUT2D eigenvalue weighted by molar-refractivity contribution is 6.46. The number of nitrogens with zero attached hydrogens (tertiary/aromatic N) is 2. The largest absolute Gasteiger partial charge is 0.507 e. The van der Waals surface area contributed by atoms with Gasteiger partial charge in [0, 0.05) is 12.1 Å². The van der Waals surface area contributed by atoms with Crippen LogP contribution in [0.4, 0.5) is 0 Å². The van der Waals surface area contributed by atoms with Crippen molar-refractivity contribution in [2.75, 3.05) is 48.0 Å². The molecule has 1 aliphatic heterocycles. The van der Waals surface area contributed by atoms with E-state index < -0.39 is 17.7 Å². The zero-order chi connectivity index (χ0) is 27.1. The first-order valence-corrected chi connectivity index (χ1v) is 12.6. The molecule has 1 fully saturated rings. The number of methoxy groups -OCH3 is 2. The minimum atomic E-state index is -0.771. The molecule has 0 saturated carbocycles. The summed E-state index contributed by atoms with van der Waals surface area (Å²) in [7, 11) is 6.99. The van der Waals surface area contributed by atoms with E-state index in [0.29, 0.717) is 53.9 Å².